The predicted octanol–water partition coefficient (Wildman–Crippen LogP) is 1.77. The summed E-state index contributed by atoms with van der Waals surface area (Å²) in [6.07, 6.45) is 6.05. The van der Waals surface area contributed by atoms with Gasteiger partial charge in [-0.1, -0.05) is 0 Å². The van der Waals surface area contributed by atoms with Gasteiger partial charge in [-0.2, -0.15) is 0 Å². The lowest BCUT2D eigenvalue weighted by molar-refractivity contribution is 0.413. The van der Waals surface area contributed by atoms with Crippen LogP contribution in [0.4, 0.5) is 4.39 Å². The fraction of sp³-hybridized carbons (Fsp3) is 0.118. The highest BCUT2D eigenvalue weighted by molar-refractivity contribution is 7.89. The monoisotopic (exact) mass is 402 g/mol. The summed E-state index contributed by atoms with van der Waals surface area (Å²) in [5.74, 6) is 0.0297. The van der Waals surface area contributed by atoms with Crippen LogP contribution < -0.4 is 9.46 Å². The van der Waals surface area contributed by atoms with E-state index in [2.05, 4.69) is 24.7 Å². The summed E-state index contributed by atoms with van der Waals surface area (Å²) >= 11 is 0. The number of fused-ring (bicyclic) bond motifs is 1. The molecule has 4 aromatic rings. The first-order valence-corrected chi connectivity index (χ1v) is 9.61. The van der Waals surface area contributed by atoms with Crippen LogP contribution in [-0.2, 0) is 16.6 Å². The van der Waals surface area contributed by atoms with E-state index in [0.29, 0.717) is 17.0 Å². The van der Waals surface area contributed by atoms with Crippen molar-refractivity contribution in [2.45, 2.75) is 11.7 Å². The van der Waals surface area contributed by atoms with E-state index in [4.69, 9.17) is 4.74 Å². The van der Waals surface area contributed by atoms with Gasteiger partial charge in [-0.05, 0) is 12.1 Å². The zero-order valence-electron chi connectivity index (χ0n) is 14.6. The van der Waals surface area contributed by atoms with Gasteiger partial charge in [0.25, 0.3) is 10.0 Å². The van der Waals surface area contributed by atoms with Crippen molar-refractivity contribution in [3.05, 3.63) is 60.7 Å². The minimum atomic E-state index is -3.96. The first-order chi connectivity index (χ1) is 13.5. The maximum atomic E-state index is 14.3. The second kappa shape index (κ2) is 7.02. The molecule has 2 N–H and O–H groups in total. The Morgan fingerprint density at radius 2 is 2.14 bits per heavy atom. The zero-order valence-corrected chi connectivity index (χ0v) is 15.4. The molecule has 0 fully saturated rings. The second-order valence-electron chi connectivity index (χ2n) is 5.84. The Kier molecular flexibility index (Phi) is 4.53. The van der Waals surface area contributed by atoms with Gasteiger partial charge in [0.2, 0.25) is 5.16 Å². The van der Waals surface area contributed by atoms with Crippen molar-refractivity contribution in [2.24, 2.45) is 0 Å². The van der Waals surface area contributed by atoms with Gasteiger partial charge < -0.3 is 14.3 Å². The van der Waals surface area contributed by atoms with E-state index in [1.54, 1.807) is 18.3 Å². The van der Waals surface area contributed by atoms with Crippen LogP contribution in [0.1, 0.15) is 5.69 Å². The topological polar surface area (TPSA) is 115 Å². The highest BCUT2D eigenvalue weighted by Gasteiger charge is 2.20. The first-order valence-electron chi connectivity index (χ1n) is 8.12. The summed E-state index contributed by atoms with van der Waals surface area (Å²) in [5, 5.41) is -0.312. The molecule has 0 spiro atoms. The van der Waals surface area contributed by atoms with Crippen molar-refractivity contribution >= 4 is 21.1 Å². The Morgan fingerprint density at radius 3 is 2.89 bits per heavy atom. The van der Waals surface area contributed by atoms with Crippen molar-refractivity contribution < 1.29 is 17.5 Å². The number of imidazole rings is 2. The van der Waals surface area contributed by atoms with Crippen molar-refractivity contribution in [3.63, 3.8) is 0 Å². The second-order valence-corrected chi connectivity index (χ2v) is 7.53. The molecule has 0 atom stereocenters. The molecule has 1 aromatic carbocycles. The molecule has 0 unspecified atom stereocenters. The number of ether oxygens (including phenoxy) is 1. The number of hydrogen-bond acceptors (Lipinski definition) is 6. The van der Waals surface area contributed by atoms with Crippen LogP contribution in [0.5, 0.6) is 5.75 Å². The molecule has 0 amide bonds. The van der Waals surface area contributed by atoms with Gasteiger partial charge in [-0.25, -0.2) is 27.5 Å². The number of rotatable bonds is 6. The highest BCUT2D eigenvalue weighted by Crippen LogP contribution is 2.22. The summed E-state index contributed by atoms with van der Waals surface area (Å²) in [7, 11) is -2.45. The third kappa shape index (κ3) is 3.44. The molecule has 4 rings (SSSR count). The lowest BCUT2D eigenvalue weighted by atomic mass is 10.2. The van der Waals surface area contributed by atoms with E-state index in [0.717, 1.165) is 0 Å². The van der Waals surface area contributed by atoms with Gasteiger partial charge in [0.05, 0.1) is 42.4 Å². The van der Waals surface area contributed by atoms with Gasteiger partial charge in [-0.3, -0.25) is 4.98 Å². The number of halogens is 1. The SMILES string of the molecule is COc1ccnc(CNS(=O)(=O)c2nc3cc(-n4ccnc4)c(F)cc3[nH]2)c1. The van der Waals surface area contributed by atoms with Crippen LogP contribution in [-0.4, -0.2) is 40.0 Å². The number of sulfonamides is 1. The van der Waals surface area contributed by atoms with Crippen molar-refractivity contribution in [1.82, 2.24) is 29.2 Å². The molecular formula is C17H15FN6O3S. The van der Waals surface area contributed by atoms with Crippen LogP contribution in [0.2, 0.25) is 0 Å². The Balaban J connectivity index is 1.62. The van der Waals surface area contributed by atoms with Crippen LogP contribution >= 0.6 is 0 Å². The fourth-order valence-corrected chi connectivity index (χ4v) is 3.58. The van der Waals surface area contributed by atoms with E-state index < -0.39 is 15.8 Å². The molecule has 0 aliphatic carbocycles. The van der Waals surface area contributed by atoms with Gasteiger partial charge in [0.15, 0.2) is 0 Å². The first kappa shape index (κ1) is 18.1. The molecule has 3 aromatic heterocycles. The van der Waals surface area contributed by atoms with E-state index in [1.807, 2.05) is 0 Å². The number of nitrogens with zero attached hydrogens (tertiary/aromatic N) is 4. The minimum absolute atomic E-state index is 0.0504. The quantitative estimate of drug-likeness (QED) is 0.508. The van der Waals surface area contributed by atoms with Gasteiger partial charge >= 0.3 is 0 Å². The molecule has 0 aliphatic rings. The molecule has 9 nitrogen and oxygen atoms in total. The number of benzene rings is 1. The Hall–Kier alpha value is -3.31. The fourth-order valence-electron chi connectivity index (χ4n) is 2.64. The summed E-state index contributed by atoms with van der Waals surface area (Å²) < 4.78 is 48.4. The Morgan fingerprint density at radius 1 is 1.29 bits per heavy atom. The summed E-state index contributed by atoms with van der Waals surface area (Å²) in [6, 6.07) is 5.92. The zero-order chi connectivity index (χ0) is 19.7. The number of hydrogen-bond donors (Lipinski definition) is 2. The molecule has 0 saturated carbocycles. The summed E-state index contributed by atoms with van der Waals surface area (Å²) in [6.45, 7) is -0.0504. The average molecular weight is 402 g/mol. The highest BCUT2D eigenvalue weighted by atomic mass is 32.2. The molecule has 11 heteroatoms. The smallest absolute Gasteiger partial charge is 0.274 e. The molecule has 28 heavy (non-hydrogen) atoms. The van der Waals surface area contributed by atoms with Gasteiger partial charge in [0, 0.05) is 30.7 Å². The van der Waals surface area contributed by atoms with Crippen molar-refractivity contribution in [2.75, 3.05) is 7.11 Å². The average Bonchev–Trinajstić information content (AvgIpc) is 3.35. The van der Waals surface area contributed by atoms with Crippen molar-refractivity contribution in [3.8, 4) is 11.4 Å². The Labute approximate surface area is 159 Å². The van der Waals surface area contributed by atoms with Gasteiger partial charge in [-0.15, -0.1) is 0 Å². The third-order valence-corrected chi connectivity index (χ3v) is 5.26. The van der Waals surface area contributed by atoms with E-state index in [-0.39, 0.29) is 22.9 Å². The van der Waals surface area contributed by atoms with Crippen LogP contribution in [0.25, 0.3) is 16.7 Å². The number of methoxy groups -OCH3 is 1. The van der Waals surface area contributed by atoms with E-state index in [9.17, 15) is 12.8 Å². The van der Waals surface area contributed by atoms with Crippen LogP contribution in [0, 0.1) is 5.82 Å². The molecular weight excluding hydrogens is 387 g/mol. The number of aromatic nitrogens is 5. The minimum Gasteiger partial charge on any atom is -0.497 e. The lowest BCUT2D eigenvalue weighted by Gasteiger charge is -2.05. The standard InChI is InChI=1S/C17H15FN6O3S/c1-27-12-2-3-20-11(6-12)9-21-28(25,26)17-22-14-7-13(18)16(8-15(14)23-17)24-5-4-19-10-24/h2-8,10,21H,9H2,1H3,(H,22,23). The van der Waals surface area contributed by atoms with Crippen molar-refractivity contribution in [1.29, 1.82) is 0 Å². The maximum Gasteiger partial charge on any atom is 0.274 e. The third-order valence-electron chi connectivity index (χ3n) is 4.03. The van der Waals surface area contributed by atoms with Crippen LogP contribution in [0.15, 0.2) is 54.3 Å². The molecule has 3 heterocycles. The number of nitrogens with one attached hydrogen (secondary N) is 2. The molecule has 0 radical (unpaired) electrons. The molecule has 144 valence electrons. The number of H-pyrrole nitrogens is 1. The Bertz CT molecular complexity index is 1240. The predicted molar refractivity (Wildman–Crippen MR) is 98.0 cm³/mol. The van der Waals surface area contributed by atoms with E-state index >= 15 is 0 Å². The summed E-state index contributed by atoms with van der Waals surface area (Å²) in [4.78, 5) is 14.7. The van der Waals surface area contributed by atoms with Crippen LogP contribution in [0.3, 0.4) is 0 Å². The van der Waals surface area contributed by atoms with Gasteiger partial charge in [0.1, 0.15) is 11.6 Å². The normalized spacial score (nSPS) is 11.8. The number of aromatic amines is 1. The molecule has 0 saturated heterocycles. The maximum absolute atomic E-state index is 14.3. The largest absolute Gasteiger partial charge is 0.497 e. The summed E-state index contributed by atoms with van der Waals surface area (Å²) in [5.41, 5.74) is 1.27. The lowest BCUT2D eigenvalue weighted by Crippen LogP contribution is -2.24. The molecule has 0 bridgehead atoms. The van der Waals surface area contributed by atoms with E-state index in [1.165, 1.54) is 42.5 Å². The number of pyridine rings is 1. The molecule has 0 aliphatic heterocycles.